The summed E-state index contributed by atoms with van der Waals surface area (Å²) in [5.74, 6) is 0.628. The van der Waals surface area contributed by atoms with Gasteiger partial charge in [-0.1, -0.05) is 45.1 Å². The predicted octanol–water partition coefficient (Wildman–Crippen LogP) is 4.62. The van der Waals surface area contributed by atoms with Gasteiger partial charge in [0, 0.05) is 10.6 Å². The number of nitrogen functional groups attached to an aromatic ring is 1. The largest absolute Gasteiger partial charge is 0.382 e. The molecule has 19 heavy (non-hydrogen) atoms. The average molecular weight is 277 g/mol. The van der Waals surface area contributed by atoms with Crippen LogP contribution in [0.2, 0.25) is 0 Å². The molecular formula is C15H23N3S. The number of aromatic amines is 1. The van der Waals surface area contributed by atoms with Crippen LogP contribution in [0, 0.1) is 0 Å². The van der Waals surface area contributed by atoms with E-state index in [2.05, 4.69) is 34.6 Å². The number of nitrogens with two attached hydrogens (primary N) is 1. The molecule has 0 fully saturated rings. The van der Waals surface area contributed by atoms with Crippen LogP contribution in [0.3, 0.4) is 0 Å². The van der Waals surface area contributed by atoms with E-state index in [1.165, 1.54) is 49.1 Å². The van der Waals surface area contributed by atoms with Gasteiger partial charge in [0.05, 0.1) is 5.56 Å². The van der Waals surface area contributed by atoms with Gasteiger partial charge in [-0.2, -0.15) is 5.10 Å². The summed E-state index contributed by atoms with van der Waals surface area (Å²) in [5.41, 5.74) is 8.27. The molecule has 0 unspecified atom stereocenters. The van der Waals surface area contributed by atoms with Gasteiger partial charge in [-0.15, -0.1) is 11.3 Å². The maximum atomic E-state index is 5.97. The van der Waals surface area contributed by atoms with Crippen LogP contribution in [0.25, 0.3) is 10.4 Å². The van der Waals surface area contributed by atoms with Crippen molar-refractivity contribution in [2.75, 3.05) is 5.73 Å². The zero-order chi connectivity index (χ0) is 13.5. The van der Waals surface area contributed by atoms with Gasteiger partial charge in [-0.05, 0) is 24.3 Å². The normalized spacial score (nSPS) is 11.0. The Kier molecular flexibility index (Phi) is 5.45. The number of thiophene rings is 1. The lowest BCUT2D eigenvalue weighted by molar-refractivity contribution is 0.604. The summed E-state index contributed by atoms with van der Waals surface area (Å²) in [6.45, 7) is 2.25. The highest BCUT2D eigenvalue weighted by Crippen LogP contribution is 2.32. The first-order chi connectivity index (χ1) is 9.33. The van der Waals surface area contributed by atoms with Gasteiger partial charge < -0.3 is 5.73 Å². The van der Waals surface area contributed by atoms with Crippen LogP contribution in [-0.4, -0.2) is 10.2 Å². The lowest BCUT2D eigenvalue weighted by atomic mass is 10.1. The average Bonchev–Trinajstić information content (AvgIpc) is 3.03. The number of hydrogen-bond acceptors (Lipinski definition) is 3. The van der Waals surface area contributed by atoms with Gasteiger partial charge in [0.2, 0.25) is 0 Å². The molecule has 0 aliphatic carbocycles. The lowest BCUT2D eigenvalue weighted by Gasteiger charge is -2.02. The van der Waals surface area contributed by atoms with Gasteiger partial charge in [-0.25, -0.2) is 0 Å². The summed E-state index contributed by atoms with van der Waals surface area (Å²) >= 11 is 1.72. The number of rotatable bonds is 8. The van der Waals surface area contributed by atoms with Gasteiger partial charge >= 0.3 is 0 Å². The number of aromatic nitrogens is 2. The molecule has 0 spiro atoms. The molecule has 0 aromatic carbocycles. The number of H-pyrrole nitrogens is 1. The summed E-state index contributed by atoms with van der Waals surface area (Å²) in [6.07, 6.45) is 8.92. The molecule has 0 aliphatic heterocycles. The molecule has 104 valence electrons. The van der Waals surface area contributed by atoms with E-state index < -0.39 is 0 Å². The van der Waals surface area contributed by atoms with Crippen molar-refractivity contribution < 1.29 is 0 Å². The van der Waals surface area contributed by atoms with E-state index in [-0.39, 0.29) is 0 Å². The monoisotopic (exact) mass is 277 g/mol. The number of unbranched alkanes of at least 4 members (excludes halogenated alkanes) is 5. The van der Waals surface area contributed by atoms with Crippen LogP contribution >= 0.6 is 11.3 Å². The van der Waals surface area contributed by atoms with Gasteiger partial charge in [0.1, 0.15) is 0 Å². The van der Waals surface area contributed by atoms with Gasteiger partial charge in [0.15, 0.2) is 5.82 Å². The summed E-state index contributed by atoms with van der Waals surface area (Å²) in [6, 6.07) is 4.16. The van der Waals surface area contributed by atoms with E-state index in [0.29, 0.717) is 5.82 Å². The van der Waals surface area contributed by atoms with Gasteiger partial charge in [-0.3, -0.25) is 5.10 Å². The Morgan fingerprint density at radius 3 is 2.74 bits per heavy atom. The SMILES string of the molecule is CCCCCCCCc1[nH]nc(N)c1-c1cccs1. The maximum Gasteiger partial charge on any atom is 0.154 e. The number of nitrogens with one attached hydrogen (secondary N) is 1. The van der Waals surface area contributed by atoms with E-state index in [1.54, 1.807) is 11.3 Å². The standard InChI is InChI=1S/C15H23N3S/c1-2-3-4-5-6-7-9-12-14(15(16)18-17-12)13-10-8-11-19-13/h8,10-11H,2-7,9H2,1H3,(H3,16,17,18). The predicted molar refractivity (Wildman–Crippen MR) is 83.4 cm³/mol. The smallest absolute Gasteiger partial charge is 0.154 e. The first-order valence-corrected chi connectivity index (χ1v) is 8.07. The van der Waals surface area contributed by atoms with Crippen LogP contribution < -0.4 is 5.73 Å². The molecule has 2 heterocycles. The molecule has 3 nitrogen and oxygen atoms in total. The van der Waals surface area contributed by atoms with Crippen molar-refractivity contribution in [2.24, 2.45) is 0 Å². The van der Waals surface area contributed by atoms with Crippen molar-refractivity contribution in [1.82, 2.24) is 10.2 Å². The second-order valence-electron chi connectivity index (χ2n) is 4.96. The third-order valence-corrected chi connectivity index (χ3v) is 4.30. The number of hydrogen-bond donors (Lipinski definition) is 2. The molecule has 2 aromatic rings. The van der Waals surface area contributed by atoms with Crippen molar-refractivity contribution in [2.45, 2.75) is 51.9 Å². The molecule has 4 heteroatoms. The quantitative estimate of drug-likeness (QED) is 0.691. The highest BCUT2D eigenvalue weighted by molar-refractivity contribution is 7.13. The van der Waals surface area contributed by atoms with Crippen molar-refractivity contribution in [3.63, 3.8) is 0 Å². The molecule has 0 aliphatic rings. The molecular weight excluding hydrogens is 254 g/mol. The second kappa shape index (κ2) is 7.34. The summed E-state index contributed by atoms with van der Waals surface area (Å²) in [5, 5.41) is 9.34. The minimum atomic E-state index is 0.628. The Labute approximate surface area is 119 Å². The minimum absolute atomic E-state index is 0.628. The Balaban J connectivity index is 1.87. The van der Waals surface area contributed by atoms with Crippen LogP contribution in [0.1, 0.15) is 51.1 Å². The topological polar surface area (TPSA) is 54.7 Å². The minimum Gasteiger partial charge on any atom is -0.382 e. The molecule has 0 amide bonds. The highest BCUT2D eigenvalue weighted by atomic mass is 32.1. The summed E-state index contributed by atoms with van der Waals surface area (Å²) in [7, 11) is 0. The number of aryl methyl sites for hydroxylation is 1. The third kappa shape index (κ3) is 3.83. The van der Waals surface area contributed by atoms with E-state index in [1.807, 2.05) is 0 Å². The summed E-state index contributed by atoms with van der Waals surface area (Å²) < 4.78 is 0. The zero-order valence-electron chi connectivity index (χ0n) is 11.6. The van der Waals surface area contributed by atoms with Crippen LogP contribution in [0.15, 0.2) is 17.5 Å². The highest BCUT2D eigenvalue weighted by Gasteiger charge is 2.13. The molecule has 3 N–H and O–H groups in total. The molecule has 0 atom stereocenters. The molecule has 0 bridgehead atoms. The van der Waals surface area contributed by atoms with Crippen molar-refractivity contribution in [3.8, 4) is 10.4 Å². The van der Waals surface area contributed by atoms with Crippen molar-refractivity contribution in [3.05, 3.63) is 23.2 Å². The van der Waals surface area contributed by atoms with Crippen molar-refractivity contribution in [1.29, 1.82) is 0 Å². The second-order valence-corrected chi connectivity index (χ2v) is 5.91. The molecule has 2 rings (SSSR count). The first-order valence-electron chi connectivity index (χ1n) is 7.19. The fourth-order valence-corrected chi connectivity index (χ4v) is 3.16. The van der Waals surface area contributed by atoms with Crippen LogP contribution in [0.4, 0.5) is 5.82 Å². The number of anilines is 1. The van der Waals surface area contributed by atoms with Gasteiger partial charge in [0.25, 0.3) is 0 Å². The van der Waals surface area contributed by atoms with E-state index in [9.17, 15) is 0 Å². The number of nitrogens with zero attached hydrogens (tertiary/aromatic N) is 1. The molecule has 0 radical (unpaired) electrons. The zero-order valence-corrected chi connectivity index (χ0v) is 12.4. The van der Waals surface area contributed by atoms with Crippen molar-refractivity contribution >= 4 is 17.2 Å². The third-order valence-electron chi connectivity index (χ3n) is 3.42. The Morgan fingerprint density at radius 2 is 2.00 bits per heavy atom. The fourth-order valence-electron chi connectivity index (χ4n) is 2.35. The maximum absolute atomic E-state index is 5.97. The lowest BCUT2D eigenvalue weighted by Crippen LogP contribution is -1.90. The first kappa shape index (κ1) is 14.1. The Hall–Kier alpha value is -1.29. The fraction of sp³-hybridized carbons (Fsp3) is 0.533. The Bertz CT molecular complexity index is 474. The molecule has 0 saturated heterocycles. The van der Waals surface area contributed by atoms with Crippen LogP contribution in [0.5, 0.6) is 0 Å². The molecule has 0 saturated carbocycles. The van der Waals surface area contributed by atoms with E-state index in [4.69, 9.17) is 5.73 Å². The van der Waals surface area contributed by atoms with E-state index in [0.717, 1.165) is 12.0 Å². The Morgan fingerprint density at radius 1 is 1.21 bits per heavy atom. The summed E-state index contributed by atoms with van der Waals surface area (Å²) in [4.78, 5) is 1.22. The van der Waals surface area contributed by atoms with Crippen LogP contribution in [-0.2, 0) is 6.42 Å². The molecule has 2 aromatic heterocycles. The van der Waals surface area contributed by atoms with E-state index >= 15 is 0 Å².